The Morgan fingerprint density at radius 1 is 0.951 bits per heavy atom. The van der Waals surface area contributed by atoms with Crippen molar-refractivity contribution in [2.24, 2.45) is 0 Å². The van der Waals surface area contributed by atoms with E-state index in [1.165, 1.54) is 29.2 Å². The topological polar surface area (TPSA) is 96.0 Å². The van der Waals surface area contributed by atoms with Crippen LogP contribution in [0.5, 0.6) is 5.75 Å². The lowest BCUT2D eigenvalue weighted by Crippen LogP contribution is -2.52. The first-order valence-electron chi connectivity index (χ1n) is 13.4. The Balaban J connectivity index is 2.06. The van der Waals surface area contributed by atoms with Crippen LogP contribution in [-0.2, 0) is 26.2 Å². The molecule has 0 saturated carbocycles. The molecule has 41 heavy (non-hydrogen) atoms. The molecule has 0 bridgehead atoms. The van der Waals surface area contributed by atoms with Crippen molar-refractivity contribution in [1.82, 2.24) is 10.2 Å². The first kappa shape index (κ1) is 32.2. The number of hydrogen-bond acceptors (Lipinski definition) is 5. The fourth-order valence-corrected chi connectivity index (χ4v) is 6.17. The molecule has 0 aliphatic carbocycles. The summed E-state index contributed by atoms with van der Waals surface area (Å²) in [5.41, 5.74) is 0.804. The largest absolute Gasteiger partial charge is 0.497 e. The summed E-state index contributed by atoms with van der Waals surface area (Å²) < 4.78 is 34.0. The molecule has 0 saturated heterocycles. The molecule has 3 aromatic rings. The Kier molecular flexibility index (Phi) is 11.9. The van der Waals surface area contributed by atoms with E-state index in [4.69, 9.17) is 27.9 Å². The number of nitrogens with one attached hydrogen (secondary N) is 1. The zero-order valence-electron chi connectivity index (χ0n) is 23.3. The molecular weight excluding hydrogens is 585 g/mol. The zero-order chi connectivity index (χ0) is 30.0. The molecular formula is C30H35Cl2N3O5S. The second-order valence-corrected chi connectivity index (χ2v) is 12.0. The van der Waals surface area contributed by atoms with Gasteiger partial charge in [0.25, 0.3) is 10.0 Å². The predicted molar refractivity (Wildman–Crippen MR) is 163 cm³/mol. The highest BCUT2D eigenvalue weighted by Crippen LogP contribution is 2.35. The number of carbonyl (C=O) groups excluding carboxylic acids is 2. The second kappa shape index (κ2) is 15.1. The molecule has 0 aliphatic rings. The summed E-state index contributed by atoms with van der Waals surface area (Å²) in [6, 6.07) is 18.6. The third-order valence-electron chi connectivity index (χ3n) is 6.54. The third kappa shape index (κ3) is 8.15. The van der Waals surface area contributed by atoms with Crippen molar-refractivity contribution in [2.75, 3.05) is 24.5 Å². The number of halogens is 2. The summed E-state index contributed by atoms with van der Waals surface area (Å²) in [5, 5.41) is 3.04. The molecule has 0 aromatic heterocycles. The smallest absolute Gasteiger partial charge is 0.264 e. The summed E-state index contributed by atoms with van der Waals surface area (Å²) in [7, 11) is -2.69. The minimum Gasteiger partial charge on any atom is -0.497 e. The van der Waals surface area contributed by atoms with Gasteiger partial charge in [0.2, 0.25) is 11.8 Å². The lowest BCUT2D eigenvalue weighted by Gasteiger charge is -2.33. The van der Waals surface area contributed by atoms with E-state index in [0.717, 1.165) is 22.7 Å². The molecule has 0 heterocycles. The molecule has 1 atom stereocenters. The standard InChI is InChI=1S/C30H35Cl2N3O5S/c1-4-6-19-33-30(37)26(5-2)34(20-22-15-17-23(40-3)18-16-22)28(36)21-35(27-14-10-13-25(31)29(27)32)41(38,39)24-11-8-7-9-12-24/h7-18,26H,4-6,19-21H2,1-3H3,(H,33,37)/t26-/m1/s1. The predicted octanol–water partition coefficient (Wildman–Crippen LogP) is 5.92. The first-order chi connectivity index (χ1) is 19.6. The van der Waals surface area contributed by atoms with Gasteiger partial charge in [-0.2, -0.15) is 0 Å². The monoisotopic (exact) mass is 619 g/mol. The van der Waals surface area contributed by atoms with Gasteiger partial charge in [-0.15, -0.1) is 0 Å². The minimum atomic E-state index is -4.25. The van der Waals surface area contributed by atoms with Gasteiger partial charge < -0.3 is 15.0 Å². The Bertz CT molecular complexity index is 1420. The Morgan fingerprint density at radius 2 is 1.63 bits per heavy atom. The number of sulfonamides is 1. The fraction of sp³-hybridized carbons (Fsp3) is 0.333. The highest BCUT2D eigenvalue weighted by Gasteiger charge is 2.34. The maximum atomic E-state index is 14.1. The van der Waals surface area contributed by atoms with Crippen molar-refractivity contribution >= 4 is 50.7 Å². The van der Waals surface area contributed by atoms with Gasteiger partial charge in [-0.25, -0.2) is 8.42 Å². The number of unbranched alkanes of at least 4 members (excludes halogenated alkanes) is 1. The van der Waals surface area contributed by atoms with E-state index in [9.17, 15) is 18.0 Å². The van der Waals surface area contributed by atoms with E-state index in [2.05, 4.69) is 5.32 Å². The third-order valence-corrected chi connectivity index (χ3v) is 9.12. The van der Waals surface area contributed by atoms with Crippen LogP contribution in [0.25, 0.3) is 0 Å². The van der Waals surface area contributed by atoms with Gasteiger partial charge in [-0.1, -0.05) is 79.9 Å². The molecule has 0 aliphatic heterocycles. The van der Waals surface area contributed by atoms with Crippen LogP contribution in [0, 0.1) is 0 Å². The van der Waals surface area contributed by atoms with E-state index in [0.29, 0.717) is 18.7 Å². The Morgan fingerprint density at radius 3 is 2.24 bits per heavy atom. The van der Waals surface area contributed by atoms with Gasteiger partial charge in [-0.3, -0.25) is 13.9 Å². The summed E-state index contributed by atoms with van der Waals surface area (Å²) >= 11 is 12.7. The average molecular weight is 621 g/mol. The number of amides is 2. The van der Waals surface area contributed by atoms with E-state index in [1.54, 1.807) is 55.6 Å². The summed E-state index contributed by atoms with van der Waals surface area (Å²) in [5.74, 6) is -0.235. The maximum Gasteiger partial charge on any atom is 0.264 e. The molecule has 220 valence electrons. The summed E-state index contributed by atoms with van der Waals surface area (Å²) in [6.07, 6.45) is 2.02. The molecule has 3 aromatic carbocycles. The lowest BCUT2D eigenvalue weighted by molar-refractivity contribution is -0.140. The highest BCUT2D eigenvalue weighted by atomic mass is 35.5. The van der Waals surface area contributed by atoms with Crippen molar-refractivity contribution in [3.63, 3.8) is 0 Å². The van der Waals surface area contributed by atoms with Gasteiger partial charge >= 0.3 is 0 Å². The maximum absolute atomic E-state index is 14.1. The van der Waals surface area contributed by atoms with Crippen molar-refractivity contribution in [3.8, 4) is 5.75 Å². The number of nitrogens with zero attached hydrogens (tertiary/aromatic N) is 2. The Hall–Kier alpha value is -3.27. The number of anilines is 1. The zero-order valence-corrected chi connectivity index (χ0v) is 25.7. The molecule has 0 spiro atoms. The summed E-state index contributed by atoms with van der Waals surface area (Å²) in [6.45, 7) is 3.77. The van der Waals surface area contributed by atoms with Gasteiger partial charge in [-0.05, 0) is 54.8 Å². The van der Waals surface area contributed by atoms with Crippen LogP contribution in [0.4, 0.5) is 5.69 Å². The molecule has 8 nitrogen and oxygen atoms in total. The van der Waals surface area contributed by atoms with E-state index >= 15 is 0 Å². The molecule has 0 radical (unpaired) electrons. The molecule has 11 heteroatoms. The average Bonchev–Trinajstić information content (AvgIpc) is 2.98. The molecule has 0 unspecified atom stereocenters. The molecule has 0 fully saturated rings. The Labute approximate surface area is 252 Å². The normalized spacial score (nSPS) is 11.9. The van der Waals surface area contributed by atoms with Crippen molar-refractivity contribution < 1.29 is 22.7 Å². The van der Waals surface area contributed by atoms with E-state index in [1.807, 2.05) is 13.8 Å². The quantitative estimate of drug-likeness (QED) is 0.226. The van der Waals surface area contributed by atoms with Gasteiger partial charge in [0.15, 0.2) is 0 Å². The van der Waals surface area contributed by atoms with E-state index < -0.39 is 28.5 Å². The SMILES string of the molecule is CCCCNC(=O)[C@@H](CC)N(Cc1ccc(OC)cc1)C(=O)CN(c1cccc(Cl)c1Cl)S(=O)(=O)c1ccccc1. The minimum absolute atomic E-state index is 0.00692. The van der Waals surface area contributed by atoms with Crippen LogP contribution in [0.15, 0.2) is 77.7 Å². The number of rotatable bonds is 14. The van der Waals surface area contributed by atoms with Gasteiger partial charge in [0.1, 0.15) is 18.3 Å². The fourth-order valence-electron chi connectivity index (χ4n) is 4.27. The van der Waals surface area contributed by atoms with Gasteiger partial charge in [0.05, 0.1) is 27.7 Å². The molecule has 1 N–H and O–H groups in total. The van der Waals surface area contributed by atoms with Crippen molar-refractivity contribution in [2.45, 2.75) is 50.6 Å². The van der Waals surface area contributed by atoms with E-state index in [-0.39, 0.29) is 33.1 Å². The van der Waals surface area contributed by atoms with Crippen LogP contribution in [0.2, 0.25) is 10.0 Å². The second-order valence-electron chi connectivity index (χ2n) is 9.34. The van der Waals surface area contributed by atoms with Crippen LogP contribution in [0.1, 0.15) is 38.7 Å². The van der Waals surface area contributed by atoms with Gasteiger partial charge in [0, 0.05) is 13.1 Å². The molecule has 3 rings (SSSR count). The summed E-state index contributed by atoms with van der Waals surface area (Å²) in [4.78, 5) is 28.8. The number of benzene rings is 3. The number of methoxy groups -OCH3 is 1. The van der Waals surface area contributed by atoms with Crippen LogP contribution < -0.4 is 14.4 Å². The van der Waals surface area contributed by atoms with Crippen molar-refractivity contribution in [1.29, 1.82) is 0 Å². The number of hydrogen-bond donors (Lipinski definition) is 1. The van der Waals surface area contributed by atoms with Crippen molar-refractivity contribution in [3.05, 3.63) is 88.4 Å². The first-order valence-corrected chi connectivity index (χ1v) is 15.6. The van der Waals surface area contributed by atoms with Crippen LogP contribution >= 0.6 is 23.2 Å². The lowest BCUT2D eigenvalue weighted by atomic mass is 10.1. The van der Waals surface area contributed by atoms with Crippen LogP contribution in [0.3, 0.4) is 0 Å². The molecule has 2 amide bonds. The number of ether oxygens (including phenoxy) is 1. The highest BCUT2D eigenvalue weighted by molar-refractivity contribution is 7.92. The number of carbonyl (C=O) groups is 2. The van der Waals surface area contributed by atoms with Crippen LogP contribution in [-0.4, -0.2) is 51.4 Å².